The minimum absolute atomic E-state index is 0.0249. The fourth-order valence-electron chi connectivity index (χ4n) is 1.16. The van der Waals surface area contributed by atoms with Crippen LogP contribution in [0.5, 0.6) is 0 Å². The minimum Gasteiger partial charge on any atom is -0.398 e. The number of hydrogen-bond acceptors (Lipinski definition) is 2. The molecule has 80 valence electrons. The predicted octanol–water partition coefficient (Wildman–Crippen LogP) is 1.73. The quantitative estimate of drug-likeness (QED) is 0.737. The molecule has 3 heteroatoms. The highest BCUT2D eigenvalue weighted by Gasteiger charge is 1.93. The number of nitrogens with two attached hydrogens (primary N) is 1. The highest BCUT2D eigenvalue weighted by Crippen LogP contribution is 2.13. The summed E-state index contributed by atoms with van der Waals surface area (Å²) in [7, 11) is 0. The first-order valence-corrected chi connectivity index (χ1v) is 4.86. The van der Waals surface area contributed by atoms with E-state index in [0.29, 0.717) is 6.54 Å². The number of benzene rings is 1. The van der Waals surface area contributed by atoms with Crippen LogP contribution >= 0.6 is 0 Å². The van der Waals surface area contributed by atoms with Gasteiger partial charge in [0.1, 0.15) is 0 Å². The lowest BCUT2D eigenvalue weighted by atomic mass is 10.1. The van der Waals surface area contributed by atoms with Gasteiger partial charge in [0.05, 0.1) is 0 Å². The third-order valence-corrected chi connectivity index (χ3v) is 2.08. The Balaban J connectivity index is 2.57. The van der Waals surface area contributed by atoms with Gasteiger partial charge >= 0.3 is 0 Å². The number of nitrogen functional groups attached to an aromatic ring is 1. The number of anilines is 1. The van der Waals surface area contributed by atoms with Crippen LogP contribution in [0.3, 0.4) is 0 Å². The third kappa shape index (κ3) is 3.85. The van der Waals surface area contributed by atoms with E-state index in [1.54, 1.807) is 0 Å². The molecule has 0 saturated heterocycles. The Kier molecular flexibility index (Phi) is 3.92. The van der Waals surface area contributed by atoms with Crippen LogP contribution in [0.4, 0.5) is 5.69 Å². The van der Waals surface area contributed by atoms with Gasteiger partial charge in [0, 0.05) is 19.2 Å². The first-order chi connectivity index (χ1) is 7.09. The van der Waals surface area contributed by atoms with E-state index in [4.69, 9.17) is 5.73 Å². The van der Waals surface area contributed by atoms with Crippen LogP contribution in [0.15, 0.2) is 24.3 Å². The lowest BCUT2D eigenvalue weighted by Gasteiger charge is -2.00. The van der Waals surface area contributed by atoms with Gasteiger partial charge < -0.3 is 11.1 Å². The molecule has 0 saturated carbocycles. The number of carbonyl (C=O) groups is 1. The van der Waals surface area contributed by atoms with Crippen LogP contribution < -0.4 is 11.1 Å². The zero-order chi connectivity index (χ0) is 11.3. The van der Waals surface area contributed by atoms with Crippen molar-refractivity contribution in [3.05, 3.63) is 35.4 Å². The number of rotatable bonds is 3. The van der Waals surface area contributed by atoms with Gasteiger partial charge in [-0.15, -0.1) is 0 Å². The van der Waals surface area contributed by atoms with E-state index in [1.165, 1.54) is 6.92 Å². The number of hydrogen-bond donors (Lipinski definition) is 2. The van der Waals surface area contributed by atoms with Crippen molar-refractivity contribution in [2.75, 3.05) is 12.3 Å². The van der Waals surface area contributed by atoms with Crippen molar-refractivity contribution < 1.29 is 4.79 Å². The van der Waals surface area contributed by atoms with Crippen molar-refractivity contribution in [3.63, 3.8) is 0 Å². The maximum Gasteiger partial charge on any atom is 0.217 e. The van der Waals surface area contributed by atoms with Crippen molar-refractivity contribution in [1.29, 1.82) is 0 Å². The van der Waals surface area contributed by atoms with Gasteiger partial charge in [-0.25, -0.2) is 0 Å². The summed E-state index contributed by atoms with van der Waals surface area (Å²) < 4.78 is 0. The summed E-state index contributed by atoms with van der Waals surface area (Å²) in [5.41, 5.74) is 8.68. The summed E-state index contributed by atoms with van der Waals surface area (Å²) in [5, 5.41) is 2.68. The lowest BCUT2D eigenvalue weighted by molar-refractivity contribution is -0.118. The maximum atomic E-state index is 10.6. The number of aryl methyl sites for hydroxylation is 1. The maximum absolute atomic E-state index is 10.6. The second kappa shape index (κ2) is 5.20. The molecule has 3 nitrogen and oxygen atoms in total. The molecule has 0 unspecified atom stereocenters. The smallest absolute Gasteiger partial charge is 0.217 e. The summed E-state index contributed by atoms with van der Waals surface area (Å²) in [4.78, 5) is 10.6. The topological polar surface area (TPSA) is 55.1 Å². The Morgan fingerprint density at radius 3 is 2.87 bits per heavy atom. The van der Waals surface area contributed by atoms with Gasteiger partial charge in [-0.05, 0) is 24.1 Å². The molecule has 0 fully saturated rings. The van der Waals surface area contributed by atoms with Crippen molar-refractivity contribution in [2.45, 2.75) is 13.8 Å². The Labute approximate surface area is 90.0 Å². The third-order valence-electron chi connectivity index (χ3n) is 2.08. The molecule has 0 atom stereocenters. The lowest BCUT2D eigenvalue weighted by Crippen LogP contribution is -2.19. The van der Waals surface area contributed by atoms with Gasteiger partial charge in [0.25, 0.3) is 0 Å². The molecular formula is C12H16N2O. The zero-order valence-electron chi connectivity index (χ0n) is 9.08. The second-order valence-electron chi connectivity index (χ2n) is 3.46. The van der Waals surface area contributed by atoms with Gasteiger partial charge in [-0.1, -0.05) is 24.3 Å². The van der Waals surface area contributed by atoms with E-state index in [-0.39, 0.29) is 5.91 Å². The van der Waals surface area contributed by atoms with Crippen molar-refractivity contribution >= 4 is 17.7 Å². The van der Waals surface area contributed by atoms with Gasteiger partial charge in [0.2, 0.25) is 5.91 Å². The standard InChI is InChI=1S/C12H16N2O/c1-9-5-6-11(8-12(9)13)4-3-7-14-10(2)15/h3-6,8H,7,13H2,1-2H3,(H,14,15). The Hall–Kier alpha value is -1.77. The van der Waals surface area contributed by atoms with Gasteiger partial charge in [-0.2, -0.15) is 0 Å². The van der Waals surface area contributed by atoms with Crippen LogP contribution in [0.2, 0.25) is 0 Å². The first kappa shape index (κ1) is 11.3. The normalized spacial score (nSPS) is 10.5. The molecule has 0 spiro atoms. The van der Waals surface area contributed by atoms with Crippen molar-refractivity contribution in [2.24, 2.45) is 0 Å². The summed E-state index contributed by atoms with van der Waals surface area (Å²) in [6, 6.07) is 5.89. The van der Waals surface area contributed by atoms with E-state index in [0.717, 1.165) is 16.8 Å². The Bertz CT molecular complexity index is 383. The molecule has 0 aromatic heterocycles. The van der Waals surface area contributed by atoms with Crippen molar-refractivity contribution in [3.8, 4) is 0 Å². The Morgan fingerprint density at radius 1 is 1.53 bits per heavy atom. The van der Waals surface area contributed by atoms with E-state index < -0.39 is 0 Å². The molecule has 1 rings (SSSR count). The average molecular weight is 204 g/mol. The average Bonchev–Trinajstić information content (AvgIpc) is 2.18. The molecule has 0 aliphatic heterocycles. The highest BCUT2D eigenvalue weighted by atomic mass is 16.1. The van der Waals surface area contributed by atoms with Gasteiger partial charge in [-0.3, -0.25) is 4.79 Å². The highest BCUT2D eigenvalue weighted by molar-refractivity contribution is 5.73. The van der Waals surface area contributed by atoms with Crippen LogP contribution in [-0.2, 0) is 4.79 Å². The summed E-state index contributed by atoms with van der Waals surface area (Å²) in [6.45, 7) is 4.01. The second-order valence-corrected chi connectivity index (χ2v) is 3.46. The Morgan fingerprint density at radius 2 is 2.27 bits per heavy atom. The number of carbonyl (C=O) groups excluding carboxylic acids is 1. The number of nitrogens with one attached hydrogen (secondary N) is 1. The predicted molar refractivity (Wildman–Crippen MR) is 63.3 cm³/mol. The van der Waals surface area contributed by atoms with Crippen LogP contribution in [0.1, 0.15) is 18.1 Å². The van der Waals surface area contributed by atoms with E-state index in [2.05, 4.69) is 5.32 Å². The molecule has 15 heavy (non-hydrogen) atoms. The van der Waals surface area contributed by atoms with Crippen LogP contribution in [0, 0.1) is 6.92 Å². The molecule has 0 radical (unpaired) electrons. The van der Waals surface area contributed by atoms with Crippen molar-refractivity contribution in [1.82, 2.24) is 5.32 Å². The number of amides is 1. The summed E-state index contributed by atoms with van der Waals surface area (Å²) >= 11 is 0. The monoisotopic (exact) mass is 204 g/mol. The van der Waals surface area contributed by atoms with Crippen LogP contribution in [-0.4, -0.2) is 12.5 Å². The fourth-order valence-corrected chi connectivity index (χ4v) is 1.16. The summed E-state index contributed by atoms with van der Waals surface area (Å²) in [6.07, 6.45) is 3.83. The molecule has 1 aromatic carbocycles. The zero-order valence-corrected chi connectivity index (χ0v) is 9.08. The van der Waals surface area contributed by atoms with Crippen LogP contribution in [0.25, 0.3) is 6.08 Å². The first-order valence-electron chi connectivity index (χ1n) is 4.86. The van der Waals surface area contributed by atoms with Gasteiger partial charge in [0.15, 0.2) is 0 Å². The molecule has 0 heterocycles. The molecule has 3 N–H and O–H groups in total. The molecule has 0 aliphatic rings. The molecule has 1 aromatic rings. The molecule has 1 amide bonds. The molecular weight excluding hydrogens is 188 g/mol. The fraction of sp³-hybridized carbons (Fsp3) is 0.250. The van der Waals surface area contributed by atoms with E-state index in [9.17, 15) is 4.79 Å². The molecule has 0 bridgehead atoms. The van der Waals surface area contributed by atoms with E-state index in [1.807, 2.05) is 37.3 Å². The summed E-state index contributed by atoms with van der Waals surface area (Å²) in [5.74, 6) is -0.0249. The largest absolute Gasteiger partial charge is 0.398 e. The SMILES string of the molecule is CC(=O)NCC=Cc1ccc(C)c(N)c1. The minimum atomic E-state index is -0.0249. The van der Waals surface area contributed by atoms with E-state index >= 15 is 0 Å². The molecule has 0 aliphatic carbocycles.